The van der Waals surface area contributed by atoms with Crippen LogP contribution in [0.5, 0.6) is 0 Å². The van der Waals surface area contributed by atoms with Gasteiger partial charge in [0.2, 0.25) is 5.95 Å². The number of nitrogens with zero attached hydrogens (tertiary/aromatic N) is 4. The molecular formula is C18H15N5O2. The SMILES string of the molecule is C[C@@H](Nc1nc(C(=O)O)cc2nccn12)c1cccc2cnccc12. The van der Waals surface area contributed by atoms with E-state index in [1.165, 1.54) is 6.07 Å². The van der Waals surface area contributed by atoms with Crippen molar-refractivity contribution in [1.82, 2.24) is 19.4 Å². The lowest BCUT2D eigenvalue weighted by Crippen LogP contribution is -2.14. The molecule has 0 bridgehead atoms. The maximum absolute atomic E-state index is 11.3. The molecule has 7 nitrogen and oxygen atoms in total. The zero-order chi connectivity index (χ0) is 17.4. The highest BCUT2D eigenvalue weighted by atomic mass is 16.4. The van der Waals surface area contributed by atoms with E-state index in [-0.39, 0.29) is 11.7 Å². The van der Waals surface area contributed by atoms with Gasteiger partial charge >= 0.3 is 5.97 Å². The van der Waals surface area contributed by atoms with Crippen molar-refractivity contribution in [3.63, 3.8) is 0 Å². The van der Waals surface area contributed by atoms with Crippen LogP contribution in [0, 0.1) is 0 Å². The quantitative estimate of drug-likeness (QED) is 0.596. The first-order valence-electron chi connectivity index (χ1n) is 7.80. The Morgan fingerprint density at radius 1 is 1.28 bits per heavy atom. The van der Waals surface area contributed by atoms with E-state index in [2.05, 4.69) is 20.3 Å². The van der Waals surface area contributed by atoms with Gasteiger partial charge in [0.15, 0.2) is 5.69 Å². The van der Waals surface area contributed by atoms with Crippen LogP contribution in [-0.4, -0.2) is 30.4 Å². The number of nitrogens with one attached hydrogen (secondary N) is 1. The van der Waals surface area contributed by atoms with Crippen LogP contribution in [0.3, 0.4) is 0 Å². The van der Waals surface area contributed by atoms with E-state index >= 15 is 0 Å². The summed E-state index contributed by atoms with van der Waals surface area (Å²) in [5.74, 6) is -0.650. The van der Waals surface area contributed by atoms with Crippen LogP contribution in [0.4, 0.5) is 5.95 Å². The summed E-state index contributed by atoms with van der Waals surface area (Å²) >= 11 is 0. The fraction of sp³-hybridized carbons (Fsp3) is 0.111. The van der Waals surface area contributed by atoms with E-state index < -0.39 is 5.97 Å². The Labute approximate surface area is 143 Å². The Morgan fingerprint density at radius 2 is 2.16 bits per heavy atom. The van der Waals surface area contributed by atoms with Crippen LogP contribution in [0.15, 0.2) is 55.1 Å². The van der Waals surface area contributed by atoms with Crippen molar-refractivity contribution in [1.29, 1.82) is 0 Å². The molecule has 3 aromatic heterocycles. The van der Waals surface area contributed by atoms with E-state index in [4.69, 9.17) is 0 Å². The number of anilines is 1. The largest absolute Gasteiger partial charge is 0.477 e. The lowest BCUT2D eigenvalue weighted by atomic mass is 10.0. The number of imidazole rings is 1. The number of fused-ring (bicyclic) bond motifs is 2. The van der Waals surface area contributed by atoms with Gasteiger partial charge in [-0.25, -0.2) is 14.8 Å². The van der Waals surface area contributed by atoms with Gasteiger partial charge in [-0.1, -0.05) is 18.2 Å². The molecule has 7 heteroatoms. The summed E-state index contributed by atoms with van der Waals surface area (Å²) < 4.78 is 1.73. The van der Waals surface area contributed by atoms with Crippen molar-refractivity contribution >= 4 is 28.3 Å². The average Bonchev–Trinajstić information content (AvgIpc) is 3.10. The predicted octanol–water partition coefficient (Wildman–Crippen LogP) is 3.15. The zero-order valence-corrected chi connectivity index (χ0v) is 13.4. The summed E-state index contributed by atoms with van der Waals surface area (Å²) in [6.45, 7) is 2.01. The molecule has 25 heavy (non-hydrogen) atoms. The van der Waals surface area contributed by atoms with Gasteiger partial charge in [0.1, 0.15) is 5.65 Å². The summed E-state index contributed by atoms with van der Waals surface area (Å²) in [6.07, 6.45) is 6.94. The molecule has 0 spiro atoms. The molecule has 0 aliphatic carbocycles. The van der Waals surface area contributed by atoms with Crippen LogP contribution < -0.4 is 5.32 Å². The topological polar surface area (TPSA) is 92.4 Å². The number of hydrogen-bond donors (Lipinski definition) is 2. The number of benzene rings is 1. The van der Waals surface area contributed by atoms with Gasteiger partial charge in [-0.15, -0.1) is 0 Å². The number of carboxylic acids is 1. The molecule has 0 radical (unpaired) electrons. The molecule has 0 aliphatic heterocycles. The Bertz CT molecular complexity index is 1080. The number of pyridine rings is 1. The third-order valence-electron chi connectivity index (χ3n) is 4.14. The summed E-state index contributed by atoms with van der Waals surface area (Å²) in [5.41, 5.74) is 1.57. The monoisotopic (exact) mass is 333 g/mol. The molecule has 124 valence electrons. The van der Waals surface area contributed by atoms with Crippen LogP contribution in [0.2, 0.25) is 0 Å². The van der Waals surface area contributed by atoms with Crippen molar-refractivity contribution in [3.05, 3.63) is 66.4 Å². The second kappa shape index (κ2) is 5.86. The first kappa shape index (κ1) is 15.1. The predicted molar refractivity (Wildman–Crippen MR) is 93.7 cm³/mol. The lowest BCUT2D eigenvalue weighted by molar-refractivity contribution is 0.0690. The molecular weight excluding hydrogens is 318 g/mol. The van der Waals surface area contributed by atoms with Crippen LogP contribution in [-0.2, 0) is 0 Å². The maximum Gasteiger partial charge on any atom is 0.354 e. The Balaban J connectivity index is 1.78. The van der Waals surface area contributed by atoms with E-state index in [9.17, 15) is 9.90 Å². The van der Waals surface area contributed by atoms with Crippen molar-refractivity contribution in [2.24, 2.45) is 0 Å². The maximum atomic E-state index is 11.3. The van der Waals surface area contributed by atoms with Gasteiger partial charge in [-0.3, -0.25) is 9.38 Å². The molecule has 1 atom stereocenters. The third kappa shape index (κ3) is 2.65. The normalized spacial score (nSPS) is 12.4. The van der Waals surface area contributed by atoms with Crippen LogP contribution >= 0.6 is 0 Å². The third-order valence-corrected chi connectivity index (χ3v) is 4.14. The van der Waals surface area contributed by atoms with Crippen molar-refractivity contribution in [2.75, 3.05) is 5.32 Å². The number of carboxylic acid groups (broad SMARTS) is 1. The number of carbonyl (C=O) groups is 1. The van der Waals surface area contributed by atoms with Gasteiger partial charge in [0, 0.05) is 36.2 Å². The molecule has 4 aromatic rings. The molecule has 0 saturated heterocycles. The van der Waals surface area contributed by atoms with Crippen molar-refractivity contribution in [3.8, 4) is 0 Å². The zero-order valence-electron chi connectivity index (χ0n) is 13.4. The summed E-state index contributed by atoms with van der Waals surface area (Å²) in [4.78, 5) is 23.8. The van der Waals surface area contributed by atoms with Gasteiger partial charge in [0.05, 0.1) is 6.04 Å². The van der Waals surface area contributed by atoms with Crippen molar-refractivity contribution < 1.29 is 9.90 Å². The number of rotatable bonds is 4. The van der Waals surface area contributed by atoms with Crippen molar-refractivity contribution in [2.45, 2.75) is 13.0 Å². The number of aromatic carboxylic acids is 1. The Kier molecular flexibility index (Phi) is 3.53. The minimum atomic E-state index is -1.09. The standard InChI is InChI=1S/C18H15N5O2/c1-11(13-4-2-3-12-10-19-6-5-14(12)13)21-18-22-15(17(24)25)9-16-20-7-8-23(16)18/h2-11H,1H3,(H,21,22)(H,24,25)/t11-/m1/s1. The molecule has 0 unspecified atom stereocenters. The Hall–Kier alpha value is -3.48. The van der Waals surface area contributed by atoms with Gasteiger partial charge in [-0.05, 0) is 23.9 Å². The van der Waals surface area contributed by atoms with E-state index in [1.807, 2.05) is 37.4 Å². The molecule has 0 fully saturated rings. The molecule has 4 rings (SSSR count). The number of hydrogen-bond acceptors (Lipinski definition) is 5. The second-order valence-corrected chi connectivity index (χ2v) is 5.74. The highest BCUT2D eigenvalue weighted by Gasteiger charge is 2.15. The van der Waals surface area contributed by atoms with Crippen LogP contribution in [0.25, 0.3) is 16.4 Å². The van der Waals surface area contributed by atoms with Gasteiger partial charge in [-0.2, -0.15) is 0 Å². The minimum absolute atomic E-state index is 0.0458. The highest BCUT2D eigenvalue weighted by molar-refractivity contribution is 5.87. The lowest BCUT2D eigenvalue weighted by Gasteiger charge is -2.18. The summed E-state index contributed by atoms with van der Waals surface area (Å²) in [7, 11) is 0. The smallest absolute Gasteiger partial charge is 0.354 e. The van der Waals surface area contributed by atoms with Gasteiger partial charge < -0.3 is 10.4 Å². The average molecular weight is 333 g/mol. The molecule has 3 heterocycles. The molecule has 0 amide bonds. The fourth-order valence-electron chi connectivity index (χ4n) is 2.93. The first-order chi connectivity index (χ1) is 12.1. The summed E-state index contributed by atoms with van der Waals surface area (Å²) in [5, 5.41) is 14.7. The molecule has 2 N–H and O–H groups in total. The minimum Gasteiger partial charge on any atom is -0.477 e. The highest BCUT2D eigenvalue weighted by Crippen LogP contribution is 2.26. The molecule has 0 aliphatic rings. The fourth-order valence-corrected chi connectivity index (χ4v) is 2.93. The number of aromatic nitrogens is 4. The first-order valence-corrected chi connectivity index (χ1v) is 7.80. The Morgan fingerprint density at radius 3 is 3.00 bits per heavy atom. The van der Waals surface area contributed by atoms with Crippen LogP contribution in [0.1, 0.15) is 29.0 Å². The van der Waals surface area contributed by atoms with E-state index in [0.29, 0.717) is 11.6 Å². The summed E-state index contributed by atoms with van der Waals surface area (Å²) in [6, 6.07) is 9.35. The van der Waals surface area contributed by atoms with E-state index in [0.717, 1.165) is 16.3 Å². The second-order valence-electron chi connectivity index (χ2n) is 5.74. The van der Waals surface area contributed by atoms with Gasteiger partial charge in [0.25, 0.3) is 0 Å². The molecule has 1 aromatic carbocycles. The van der Waals surface area contributed by atoms with E-state index in [1.54, 1.807) is 23.0 Å². The molecule has 0 saturated carbocycles.